The molecule has 0 fully saturated rings. The zero-order valence-corrected chi connectivity index (χ0v) is 11.8. The van der Waals surface area contributed by atoms with Gasteiger partial charge in [-0.1, -0.05) is 6.07 Å². The summed E-state index contributed by atoms with van der Waals surface area (Å²) in [6.45, 7) is 1.98. The standard InChI is InChI=1S/C16H17NO3/c1-11-7-15(19-2)16(20-3)8-12(11)10-17-13-5-4-6-14(18)9-13/h4-10,18H,1-3H3. The van der Waals surface area contributed by atoms with Crippen LogP contribution in [0.1, 0.15) is 11.1 Å². The fourth-order valence-corrected chi connectivity index (χ4v) is 1.85. The Morgan fingerprint density at radius 2 is 1.75 bits per heavy atom. The number of phenols is 1. The summed E-state index contributed by atoms with van der Waals surface area (Å²) >= 11 is 0. The van der Waals surface area contributed by atoms with Crippen LogP contribution in [-0.2, 0) is 0 Å². The summed E-state index contributed by atoms with van der Waals surface area (Å²) in [4.78, 5) is 4.35. The molecule has 0 radical (unpaired) electrons. The molecule has 104 valence electrons. The molecule has 0 heterocycles. The molecule has 2 rings (SSSR count). The quantitative estimate of drug-likeness (QED) is 0.866. The summed E-state index contributed by atoms with van der Waals surface area (Å²) in [5, 5.41) is 9.40. The number of ether oxygens (including phenoxy) is 2. The van der Waals surface area contributed by atoms with Crippen molar-refractivity contribution in [2.24, 2.45) is 4.99 Å². The van der Waals surface area contributed by atoms with E-state index in [-0.39, 0.29) is 5.75 Å². The number of rotatable bonds is 4. The first kappa shape index (κ1) is 13.9. The molecule has 0 bridgehead atoms. The van der Waals surface area contributed by atoms with Gasteiger partial charge in [0.15, 0.2) is 11.5 Å². The van der Waals surface area contributed by atoms with Crippen LogP contribution >= 0.6 is 0 Å². The second kappa shape index (κ2) is 6.10. The zero-order valence-electron chi connectivity index (χ0n) is 11.8. The van der Waals surface area contributed by atoms with E-state index in [0.29, 0.717) is 17.2 Å². The van der Waals surface area contributed by atoms with Gasteiger partial charge in [-0.3, -0.25) is 4.99 Å². The van der Waals surface area contributed by atoms with Gasteiger partial charge in [-0.05, 0) is 42.3 Å². The fourth-order valence-electron chi connectivity index (χ4n) is 1.85. The summed E-state index contributed by atoms with van der Waals surface area (Å²) in [7, 11) is 3.21. The molecule has 2 aromatic carbocycles. The predicted octanol–water partition coefficient (Wildman–Crippen LogP) is 3.47. The van der Waals surface area contributed by atoms with Crippen molar-refractivity contribution in [3.05, 3.63) is 47.5 Å². The number of aromatic hydroxyl groups is 1. The smallest absolute Gasteiger partial charge is 0.161 e. The number of phenolic OH excluding ortho intramolecular Hbond substituents is 1. The molecule has 0 amide bonds. The van der Waals surface area contributed by atoms with Crippen molar-refractivity contribution in [3.8, 4) is 17.2 Å². The molecule has 0 saturated heterocycles. The van der Waals surface area contributed by atoms with Gasteiger partial charge in [0.1, 0.15) is 5.75 Å². The Kier molecular flexibility index (Phi) is 4.25. The molecule has 0 aliphatic rings. The SMILES string of the molecule is COc1cc(C)c(C=Nc2cccc(O)c2)cc1OC. The van der Waals surface area contributed by atoms with Crippen molar-refractivity contribution in [2.75, 3.05) is 14.2 Å². The highest BCUT2D eigenvalue weighted by Crippen LogP contribution is 2.30. The Balaban J connectivity index is 2.33. The van der Waals surface area contributed by atoms with E-state index in [0.717, 1.165) is 11.1 Å². The fraction of sp³-hybridized carbons (Fsp3) is 0.188. The lowest BCUT2D eigenvalue weighted by Gasteiger charge is -2.10. The predicted molar refractivity (Wildman–Crippen MR) is 79.6 cm³/mol. The average Bonchev–Trinajstić information content (AvgIpc) is 2.45. The lowest BCUT2D eigenvalue weighted by molar-refractivity contribution is 0.354. The van der Waals surface area contributed by atoms with Crippen LogP contribution < -0.4 is 9.47 Å². The monoisotopic (exact) mass is 271 g/mol. The molecule has 0 saturated carbocycles. The number of aliphatic imine (C=N–C) groups is 1. The van der Waals surface area contributed by atoms with Crippen molar-refractivity contribution >= 4 is 11.9 Å². The van der Waals surface area contributed by atoms with Crippen LogP contribution in [0, 0.1) is 6.92 Å². The van der Waals surface area contributed by atoms with Gasteiger partial charge in [0.25, 0.3) is 0 Å². The second-order valence-electron chi connectivity index (χ2n) is 4.34. The number of hydrogen-bond acceptors (Lipinski definition) is 4. The first-order valence-electron chi connectivity index (χ1n) is 6.19. The van der Waals surface area contributed by atoms with E-state index in [2.05, 4.69) is 4.99 Å². The van der Waals surface area contributed by atoms with Crippen molar-refractivity contribution in [1.29, 1.82) is 0 Å². The highest BCUT2D eigenvalue weighted by Gasteiger charge is 2.07. The summed E-state index contributed by atoms with van der Waals surface area (Å²) in [5.41, 5.74) is 2.66. The number of aryl methyl sites for hydroxylation is 1. The topological polar surface area (TPSA) is 51.0 Å². The van der Waals surface area contributed by atoms with Gasteiger partial charge < -0.3 is 14.6 Å². The minimum Gasteiger partial charge on any atom is -0.508 e. The molecule has 0 unspecified atom stereocenters. The van der Waals surface area contributed by atoms with Crippen molar-refractivity contribution in [2.45, 2.75) is 6.92 Å². The Morgan fingerprint density at radius 3 is 2.40 bits per heavy atom. The maximum atomic E-state index is 9.40. The molecule has 4 heteroatoms. The Hall–Kier alpha value is -2.49. The molecule has 0 spiro atoms. The first-order valence-corrected chi connectivity index (χ1v) is 6.19. The van der Waals surface area contributed by atoms with E-state index < -0.39 is 0 Å². The van der Waals surface area contributed by atoms with Crippen molar-refractivity contribution in [3.63, 3.8) is 0 Å². The Bertz CT molecular complexity index is 636. The average molecular weight is 271 g/mol. The Morgan fingerprint density at radius 1 is 1.05 bits per heavy atom. The third-order valence-electron chi connectivity index (χ3n) is 2.95. The number of benzene rings is 2. The molecule has 0 aliphatic heterocycles. The molecular formula is C16H17NO3. The molecular weight excluding hydrogens is 254 g/mol. The molecule has 20 heavy (non-hydrogen) atoms. The molecule has 0 aromatic heterocycles. The summed E-state index contributed by atoms with van der Waals surface area (Å²) in [5.74, 6) is 1.55. The maximum absolute atomic E-state index is 9.40. The maximum Gasteiger partial charge on any atom is 0.161 e. The third-order valence-corrected chi connectivity index (χ3v) is 2.95. The lowest BCUT2D eigenvalue weighted by Crippen LogP contribution is -1.95. The van der Waals surface area contributed by atoms with Crippen LogP contribution in [0.3, 0.4) is 0 Å². The first-order chi connectivity index (χ1) is 9.63. The van der Waals surface area contributed by atoms with Crippen LogP contribution in [0.15, 0.2) is 41.4 Å². The van der Waals surface area contributed by atoms with Gasteiger partial charge in [0.05, 0.1) is 19.9 Å². The highest BCUT2D eigenvalue weighted by molar-refractivity contribution is 5.85. The van der Waals surface area contributed by atoms with E-state index in [9.17, 15) is 5.11 Å². The minimum absolute atomic E-state index is 0.198. The Labute approximate surface area is 118 Å². The summed E-state index contributed by atoms with van der Waals surface area (Å²) in [6, 6.07) is 10.6. The zero-order chi connectivity index (χ0) is 14.5. The highest BCUT2D eigenvalue weighted by atomic mass is 16.5. The molecule has 1 N–H and O–H groups in total. The molecule has 4 nitrogen and oxygen atoms in total. The third kappa shape index (κ3) is 3.09. The number of hydrogen-bond donors (Lipinski definition) is 1. The normalized spacial score (nSPS) is 10.8. The van der Waals surface area contributed by atoms with Crippen LogP contribution in [0.25, 0.3) is 0 Å². The lowest BCUT2D eigenvalue weighted by atomic mass is 10.1. The van der Waals surface area contributed by atoms with Crippen molar-refractivity contribution in [1.82, 2.24) is 0 Å². The minimum atomic E-state index is 0.198. The van der Waals surface area contributed by atoms with E-state index in [1.807, 2.05) is 25.1 Å². The number of methoxy groups -OCH3 is 2. The van der Waals surface area contributed by atoms with Gasteiger partial charge in [-0.25, -0.2) is 0 Å². The summed E-state index contributed by atoms with van der Waals surface area (Å²) < 4.78 is 10.5. The van der Waals surface area contributed by atoms with E-state index in [4.69, 9.17) is 9.47 Å². The molecule has 0 atom stereocenters. The van der Waals surface area contributed by atoms with E-state index in [1.54, 1.807) is 38.6 Å². The van der Waals surface area contributed by atoms with E-state index >= 15 is 0 Å². The second-order valence-corrected chi connectivity index (χ2v) is 4.34. The van der Waals surface area contributed by atoms with Crippen LogP contribution in [0.2, 0.25) is 0 Å². The van der Waals surface area contributed by atoms with Crippen molar-refractivity contribution < 1.29 is 14.6 Å². The molecule has 2 aromatic rings. The van der Waals surface area contributed by atoms with Crippen LogP contribution in [0.5, 0.6) is 17.2 Å². The largest absolute Gasteiger partial charge is 0.508 e. The summed E-state index contributed by atoms with van der Waals surface area (Å²) in [6.07, 6.45) is 1.74. The van der Waals surface area contributed by atoms with E-state index in [1.165, 1.54) is 0 Å². The van der Waals surface area contributed by atoms with Gasteiger partial charge in [-0.2, -0.15) is 0 Å². The van der Waals surface area contributed by atoms with Crippen LogP contribution in [0.4, 0.5) is 5.69 Å². The van der Waals surface area contributed by atoms with Crippen LogP contribution in [-0.4, -0.2) is 25.5 Å². The van der Waals surface area contributed by atoms with Gasteiger partial charge >= 0.3 is 0 Å². The van der Waals surface area contributed by atoms with Gasteiger partial charge in [-0.15, -0.1) is 0 Å². The van der Waals surface area contributed by atoms with Gasteiger partial charge in [0.2, 0.25) is 0 Å². The van der Waals surface area contributed by atoms with Gasteiger partial charge in [0, 0.05) is 12.3 Å². The number of nitrogens with zero attached hydrogens (tertiary/aromatic N) is 1. The molecule has 0 aliphatic carbocycles.